The van der Waals surface area contributed by atoms with Crippen LogP contribution < -0.4 is 35.7 Å². The standard InChI is InChI=1S/C64H63BN2O2S/c1-61(2,3)40-20-28-44(29-21-40)66(45-30-22-41(23-31-45)62(4,5)6)48-36-37-50-54(38-48)68-52-17-15-18-53-58(52)65(50)59-55(69-53)39-51(57-49-16-13-14-19-56(49)70-60(57)59)67(46-32-24-42(25-33-46)63(7,8)9)47-34-26-43(27-35-47)64(10,11)12/h13-39H,1-12H3/i15D. The third-order valence-corrected chi connectivity index (χ3v) is 15.6. The first-order valence-electron chi connectivity index (χ1n) is 25.3. The van der Waals surface area contributed by atoms with Gasteiger partial charge in [-0.1, -0.05) is 162 Å². The van der Waals surface area contributed by atoms with E-state index < -0.39 is 0 Å². The van der Waals surface area contributed by atoms with Crippen LogP contribution in [0.15, 0.2) is 164 Å². The molecule has 0 saturated carbocycles. The summed E-state index contributed by atoms with van der Waals surface area (Å²) in [6.07, 6.45) is 0. The van der Waals surface area contributed by atoms with Gasteiger partial charge in [0.25, 0.3) is 6.71 Å². The largest absolute Gasteiger partial charge is 0.458 e. The number of nitrogens with zero attached hydrogens (tertiary/aromatic N) is 2. The van der Waals surface area contributed by atoms with Gasteiger partial charge in [0.15, 0.2) is 0 Å². The van der Waals surface area contributed by atoms with Gasteiger partial charge in [0.05, 0.1) is 7.06 Å². The molecule has 3 heterocycles. The van der Waals surface area contributed by atoms with Crippen LogP contribution in [-0.2, 0) is 21.7 Å². The van der Waals surface area contributed by atoms with Gasteiger partial charge in [-0.05, 0) is 128 Å². The summed E-state index contributed by atoms with van der Waals surface area (Å²) in [6, 6.07) is 57.9. The molecule has 0 fully saturated rings. The van der Waals surface area contributed by atoms with E-state index in [1.54, 1.807) is 0 Å². The van der Waals surface area contributed by atoms with Crippen molar-refractivity contribution in [1.82, 2.24) is 0 Å². The molecule has 9 aromatic rings. The molecule has 0 N–H and O–H groups in total. The van der Waals surface area contributed by atoms with Crippen molar-refractivity contribution in [3.8, 4) is 23.0 Å². The maximum atomic E-state index is 9.08. The Hall–Kier alpha value is -6.76. The number of fused-ring (bicyclic) bond motifs is 8. The summed E-state index contributed by atoms with van der Waals surface area (Å²) >= 11 is 1.83. The van der Waals surface area contributed by atoms with E-state index in [0.717, 1.165) is 62.0 Å². The molecule has 0 aliphatic carbocycles. The molecule has 8 aromatic carbocycles. The number of benzene rings is 8. The van der Waals surface area contributed by atoms with E-state index in [0.29, 0.717) is 17.5 Å². The van der Waals surface area contributed by atoms with Crippen molar-refractivity contribution in [2.24, 2.45) is 0 Å². The van der Waals surface area contributed by atoms with Crippen molar-refractivity contribution in [2.45, 2.75) is 105 Å². The fraction of sp³-hybridized carbons (Fsp3) is 0.250. The Morgan fingerprint density at radius 3 is 1.33 bits per heavy atom. The van der Waals surface area contributed by atoms with Crippen LogP contribution in [0.1, 0.15) is 107 Å². The van der Waals surface area contributed by atoms with E-state index in [-0.39, 0.29) is 28.4 Å². The topological polar surface area (TPSA) is 24.9 Å². The van der Waals surface area contributed by atoms with Crippen LogP contribution in [0.4, 0.5) is 34.1 Å². The summed E-state index contributed by atoms with van der Waals surface area (Å²) in [7, 11) is 0. The van der Waals surface area contributed by atoms with E-state index in [1.807, 2.05) is 23.5 Å². The normalized spacial score (nSPS) is 13.5. The summed E-state index contributed by atoms with van der Waals surface area (Å²) in [5, 5.41) is 2.39. The summed E-state index contributed by atoms with van der Waals surface area (Å²) < 4.78 is 25.6. The summed E-state index contributed by atoms with van der Waals surface area (Å²) in [5.41, 5.74) is 14.6. The van der Waals surface area contributed by atoms with Gasteiger partial charge in [-0.15, -0.1) is 11.3 Å². The predicted molar refractivity (Wildman–Crippen MR) is 301 cm³/mol. The van der Waals surface area contributed by atoms with Crippen LogP contribution in [0.5, 0.6) is 23.0 Å². The molecule has 0 unspecified atom stereocenters. The number of hydrogen-bond acceptors (Lipinski definition) is 5. The fourth-order valence-electron chi connectivity index (χ4n) is 10.3. The number of rotatable bonds is 6. The van der Waals surface area contributed by atoms with Gasteiger partial charge in [0.1, 0.15) is 23.0 Å². The van der Waals surface area contributed by atoms with Gasteiger partial charge < -0.3 is 19.3 Å². The lowest BCUT2D eigenvalue weighted by molar-refractivity contribution is 0.465. The molecule has 0 radical (unpaired) electrons. The number of thiophene rings is 1. The minimum atomic E-state index is -0.220. The molecular weight excluding hydrogens is 872 g/mol. The van der Waals surface area contributed by atoms with Gasteiger partial charge in [-0.2, -0.15) is 0 Å². The lowest BCUT2D eigenvalue weighted by Crippen LogP contribution is -2.57. The zero-order valence-electron chi connectivity index (χ0n) is 43.7. The van der Waals surface area contributed by atoms with Crippen molar-refractivity contribution in [3.05, 3.63) is 186 Å². The molecule has 11 rings (SSSR count). The third-order valence-electron chi connectivity index (χ3n) is 14.4. The molecule has 2 aliphatic rings. The predicted octanol–water partition coefficient (Wildman–Crippen LogP) is 16.9. The fourth-order valence-corrected chi connectivity index (χ4v) is 11.6. The van der Waals surface area contributed by atoms with Crippen LogP contribution in [0.3, 0.4) is 0 Å². The first kappa shape index (κ1) is 44.5. The Morgan fingerprint density at radius 1 is 0.429 bits per heavy atom. The second-order valence-corrected chi connectivity index (χ2v) is 24.5. The SMILES string of the molecule is [2H]c1cc2c3c(c1)Oc1cc(N(c4ccc(C(C)(C)C)cc4)c4ccc(C(C)(C)C)cc4)c4c(sc5ccccc54)c1B3c1ccc(N(c3ccc(C(C)(C)C)cc3)c3ccc(C(C)(C)C)cc3)cc1O2. The van der Waals surface area contributed by atoms with Crippen LogP contribution in [0.2, 0.25) is 0 Å². The van der Waals surface area contributed by atoms with Crippen molar-refractivity contribution in [2.75, 3.05) is 9.80 Å². The highest BCUT2D eigenvalue weighted by Gasteiger charge is 2.43. The minimum Gasteiger partial charge on any atom is -0.458 e. The Balaban J connectivity index is 1.13. The quantitative estimate of drug-likeness (QED) is 0.155. The maximum Gasteiger partial charge on any atom is 0.262 e. The molecule has 0 saturated heterocycles. The Kier molecular flexibility index (Phi) is 10.4. The summed E-state index contributed by atoms with van der Waals surface area (Å²) in [4.78, 5) is 4.74. The number of anilines is 6. The van der Waals surface area contributed by atoms with E-state index >= 15 is 0 Å². The molecule has 350 valence electrons. The molecule has 0 spiro atoms. The molecular formula is C64H63BN2O2S. The van der Waals surface area contributed by atoms with Crippen LogP contribution in [0, 0.1) is 0 Å². The van der Waals surface area contributed by atoms with E-state index in [2.05, 4.69) is 238 Å². The average Bonchev–Trinajstić information content (AvgIpc) is 3.71. The van der Waals surface area contributed by atoms with Crippen LogP contribution in [0.25, 0.3) is 20.2 Å². The van der Waals surface area contributed by atoms with Gasteiger partial charge in [0.2, 0.25) is 0 Å². The average molecular weight is 936 g/mol. The zero-order valence-corrected chi connectivity index (χ0v) is 43.5. The molecule has 1 aromatic heterocycles. The smallest absolute Gasteiger partial charge is 0.262 e. The monoisotopic (exact) mass is 935 g/mol. The second-order valence-electron chi connectivity index (χ2n) is 23.4. The van der Waals surface area contributed by atoms with Crippen molar-refractivity contribution in [3.63, 3.8) is 0 Å². The first-order chi connectivity index (χ1) is 33.6. The van der Waals surface area contributed by atoms with Gasteiger partial charge in [-0.3, -0.25) is 0 Å². The summed E-state index contributed by atoms with van der Waals surface area (Å²) in [6.45, 7) is 26.9. The van der Waals surface area contributed by atoms with Crippen LogP contribution >= 0.6 is 11.3 Å². The third kappa shape index (κ3) is 7.95. The molecule has 0 bridgehead atoms. The number of ether oxygens (including phenoxy) is 2. The van der Waals surface area contributed by atoms with Crippen LogP contribution in [-0.4, -0.2) is 6.71 Å². The molecule has 0 amide bonds. The molecule has 0 atom stereocenters. The van der Waals surface area contributed by atoms with Gasteiger partial charge in [-0.25, -0.2) is 0 Å². The Bertz CT molecular complexity index is 3380. The molecule has 6 heteroatoms. The van der Waals surface area contributed by atoms with E-state index in [9.17, 15) is 0 Å². The van der Waals surface area contributed by atoms with Crippen molar-refractivity contribution in [1.29, 1.82) is 0 Å². The zero-order chi connectivity index (χ0) is 49.9. The lowest BCUT2D eigenvalue weighted by Gasteiger charge is -2.35. The van der Waals surface area contributed by atoms with Gasteiger partial charge >= 0.3 is 0 Å². The maximum absolute atomic E-state index is 9.08. The summed E-state index contributed by atoms with van der Waals surface area (Å²) in [5.74, 6) is 2.86. The highest BCUT2D eigenvalue weighted by Crippen LogP contribution is 2.49. The lowest BCUT2D eigenvalue weighted by atomic mass is 9.34. The highest BCUT2D eigenvalue weighted by molar-refractivity contribution is 7.28. The minimum absolute atomic E-state index is 0.00556. The Labute approximate surface area is 421 Å². The molecule has 70 heavy (non-hydrogen) atoms. The number of hydrogen-bond donors (Lipinski definition) is 0. The van der Waals surface area contributed by atoms with E-state index in [4.69, 9.17) is 10.8 Å². The first-order valence-corrected chi connectivity index (χ1v) is 25.6. The molecule has 2 aliphatic heterocycles. The molecule has 4 nitrogen and oxygen atoms in total. The van der Waals surface area contributed by atoms with Crippen molar-refractivity contribution < 1.29 is 10.8 Å². The second kappa shape index (κ2) is 16.4. The highest BCUT2D eigenvalue weighted by atomic mass is 32.1. The van der Waals surface area contributed by atoms with E-state index in [1.165, 1.54) is 42.4 Å². The Morgan fingerprint density at radius 2 is 0.857 bits per heavy atom. The van der Waals surface area contributed by atoms with Crippen molar-refractivity contribution >= 4 is 88.7 Å². The van der Waals surface area contributed by atoms with Gasteiger partial charge in [0, 0.05) is 66.2 Å².